The molecule has 2 rings (SSSR count). The van der Waals surface area contributed by atoms with Crippen LogP contribution in [0.3, 0.4) is 0 Å². The van der Waals surface area contributed by atoms with Gasteiger partial charge in [0.25, 0.3) is 0 Å². The van der Waals surface area contributed by atoms with Gasteiger partial charge >= 0.3 is 0 Å². The van der Waals surface area contributed by atoms with Crippen LogP contribution in [0.25, 0.3) is 0 Å². The number of nitrogens with zero attached hydrogens (tertiary/aromatic N) is 2. The first-order valence-corrected chi connectivity index (χ1v) is 7.08. The van der Waals surface area contributed by atoms with E-state index in [2.05, 4.69) is 29.2 Å². The highest BCUT2D eigenvalue weighted by atomic mass is 35.5. The molecule has 0 aliphatic heterocycles. The summed E-state index contributed by atoms with van der Waals surface area (Å²) in [5.74, 6) is 7.46. The van der Waals surface area contributed by atoms with Crippen LogP contribution >= 0.6 is 11.6 Å². The molecular formula is C15H19ClN4O. The summed E-state index contributed by atoms with van der Waals surface area (Å²) >= 11 is 6.27. The van der Waals surface area contributed by atoms with Crippen molar-refractivity contribution in [1.82, 2.24) is 9.97 Å². The van der Waals surface area contributed by atoms with Gasteiger partial charge in [0.1, 0.15) is 17.9 Å². The van der Waals surface area contributed by atoms with E-state index in [9.17, 15) is 0 Å². The first kappa shape index (κ1) is 15.5. The molecule has 3 N–H and O–H groups in total. The van der Waals surface area contributed by atoms with Gasteiger partial charge in [-0.15, -0.1) is 0 Å². The maximum atomic E-state index is 6.27. The van der Waals surface area contributed by atoms with Crippen LogP contribution < -0.4 is 16.0 Å². The third-order valence-electron chi connectivity index (χ3n) is 3.30. The molecule has 6 heteroatoms. The Morgan fingerprint density at radius 1 is 1.24 bits per heavy atom. The van der Waals surface area contributed by atoms with Crippen molar-refractivity contribution in [3.63, 3.8) is 0 Å². The minimum absolute atomic E-state index is 0.313. The standard InChI is InChI=1S/C15H19ClN4O/c1-8(2)11-6-13(9(3)5-12(11)16)21-15-10(4)14(20-17)18-7-19-15/h5-8H,17H2,1-4H3,(H,18,19,20). The highest BCUT2D eigenvalue weighted by Crippen LogP contribution is 2.34. The smallest absolute Gasteiger partial charge is 0.227 e. The molecule has 1 aromatic heterocycles. The van der Waals surface area contributed by atoms with Crippen LogP contribution in [-0.4, -0.2) is 9.97 Å². The number of hydrogen-bond acceptors (Lipinski definition) is 5. The van der Waals surface area contributed by atoms with Crippen LogP contribution in [-0.2, 0) is 0 Å². The van der Waals surface area contributed by atoms with E-state index in [-0.39, 0.29) is 0 Å². The molecular weight excluding hydrogens is 288 g/mol. The fourth-order valence-electron chi connectivity index (χ4n) is 2.01. The van der Waals surface area contributed by atoms with E-state index in [1.807, 2.05) is 26.0 Å². The zero-order valence-corrected chi connectivity index (χ0v) is 13.3. The third-order valence-corrected chi connectivity index (χ3v) is 3.62. The molecule has 2 aromatic rings. The zero-order chi connectivity index (χ0) is 15.6. The van der Waals surface area contributed by atoms with Gasteiger partial charge in [0, 0.05) is 5.02 Å². The van der Waals surface area contributed by atoms with Gasteiger partial charge in [-0.05, 0) is 43.0 Å². The number of hydrogen-bond donors (Lipinski definition) is 2. The van der Waals surface area contributed by atoms with Gasteiger partial charge in [-0.2, -0.15) is 0 Å². The van der Waals surface area contributed by atoms with Crippen molar-refractivity contribution in [2.45, 2.75) is 33.6 Å². The van der Waals surface area contributed by atoms with Crippen molar-refractivity contribution < 1.29 is 4.74 Å². The van der Waals surface area contributed by atoms with Gasteiger partial charge in [0.2, 0.25) is 5.88 Å². The second-order valence-corrected chi connectivity index (χ2v) is 5.60. The molecule has 0 atom stereocenters. The summed E-state index contributed by atoms with van der Waals surface area (Å²) in [7, 11) is 0. The molecule has 0 amide bonds. The molecule has 0 bridgehead atoms. The lowest BCUT2D eigenvalue weighted by Crippen LogP contribution is -2.11. The molecule has 0 spiro atoms. The number of nitrogen functional groups attached to an aromatic ring is 1. The Morgan fingerprint density at radius 3 is 2.57 bits per heavy atom. The molecule has 0 fully saturated rings. The van der Waals surface area contributed by atoms with Crippen molar-refractivity contribution in [2.24, 2.45) is 5.84 Å². The Labute approximate surface area is 129 Å². The highest BCUT2D eigenvalue weighted by molar-refractivity contribution is 6.31. The maximum absolute atomic E-state index is 6.27. The summed E-state index contributed by atoms with van der Waals surface area (Å²) in [5.41, 5.74) is 5.26. The zero-order valence-electron chi connectivity index (χ0n) is 12.6. The van der Waals surface area contributed by atoms with Crippen LogP contribution in [0.2, 0.25) is 5.02 Å². The molecule has 0 aliphatic rings. The molecule has 0 aliphatic carbocycles. The minimum Gasteiger partial charge on any atom is -0.438 e. The van der Waals surface area contributed by atoms with Gasteiger partial charge in [0.05, 0.1) is 5.56 Å². The van der Waals surface area contributed by atoms with Crippen molar-refractivity contribution in [3.8, 4) is 11.6 Å². The molecule has 112 valence electrons. The number of nitrogens with one attached hydrogen (secondary N) is 1. The lowest BCUT2D eigenvalue weighted by Gasteiger charge is -2.15. The fraction of sp³-hybridized carbons (Fsp3) is 0.333. The summed E-state index contributed by atoms with van der Waals surface area (Å²) in [4.78, 5) is 8.19. The van der Waals surface area contributed by atoms with Gasteiger partial charge < -0.3 is 10.2 Å². The maximum Gasteiger partial charge on any atom is 0.227 e. The van der Waals surface area contributed by atoms with E-state index in [1.165, 1.54) is 6.33 Å². The predicted octanol–water partition coefficient (Wildman–Crippen LogP) is 3.95. The Balaban J connectivity index is 2.42. The van der Waals surface area contributed by atoms with E-state index in [0.717, 1.165) is 27.5 Å². The van der Waals surface area contributed by atoms with E-state index in [0.29, 0.717) is 17.6 Å². The molecule has 0 saturated heterocycles. The number of halogens is 1. The minimum atomic E-state index is 0.313. The summed E-state index contributed by atoms with van der Waals surface area (Å²) in [6.07, 6.45) is 1.41. The Bertz CT molecular complexity index is 658. The second kappa shape index (κ2) is 6.28. The quantitative estimate of drug-likeness (QED) is 0.661. The molecule has 0 unspecified atom stereocenters. The van der Waals surface area contributed by atoms with Crippen LogP contribution in [0.1, 0.15) is 36.5 Å². The molecule has 0 saturated carbocycles. The van der Waals surface area contributed by atoms with Crippen molar-refractivity contribution in [3.05, 3.63) is 40.2 Å². The first-order chi connectivity index (χ1) is 9.93. The number of aromatic nitrogens is 2. The van der Waals surface area contributed by atoms with Gasteiger partial charge in [-0.1, -0.05) is 25.4 Å². The summed E-state index contributed by atoms with van der Waals surface area (Å²) in [6.45, 7) is 7.97. The van der Waals surface area contributed by atoms with Crippen molar-refractivity contribution >= 4 is 17.4 Å². The Hall–Kier alpha value is -1.85. The van der Waals surface area contributed by atoms with Gasteiger partial charge in [0.15, 0.2) is 0 Å². The largest absolute Gasteiger partial charge is 0.438 e. The number of anilines is 1. The number of ether oxygens (including phenoxy) is 1. The van der Waals surface area contributed by atoms with Crippen LogP contribution in [0.15, 0.2) is 18.5 Å². The normalized spacial score (nSPS) is 10.8. The van der Waals surface area contributed by atoms with E-state index < -0.39 is 0 Å². The van der Waals surface area contributed by atoms with Crippen molar-refractivity contribution in [2.75, 3.05) is 5.43 Å². The molecule has 1 aromatic carbocycles. The SMILES string of the molecule is Cc1cc(Cl)c(C(C)C)cc1Oc1ncnc(NN)c1C. The first-order valence-electron chi connectivity index (χ1n) is 6.70. The number of rotatable bonds is 4. The Morgan fingerprint density at radius 2 is 1.95 bits per heavy atom. The number of nitrogens with two attached hydrogens (primary N) is 1. The lowest BCUT2D eigenvalue weighted by atomic mass is 10.0. The average molecular weight is 307 g/mol. The third kappa shape index (κ3) is 3.25. The van der Waals surface area contributed by atoms with E-state index >= 15 is 0 Å². The number of aryl methyl sites for hydroxylation is 1. The van der Waals surface area contributed by atoms with E-state index in [1.54, 1.807) is 0 Å². The highest BCUT2D eigenvalue weighted by Gasteiger charge is 2.13. The molecule has 5 nitrogen and oxygen atoms in total. The van der Waals surface area contributed by atoms with Gasteiger partial charge in [-0.25, -0.2) is 15.8 Å². The molecule has 21 heavy (non-hydrogen) atoms. The number of hydrazine groups is 1. The topological polar surface area (TPSA) is 73.1 Å². The number of benzene rings is 1. The predicted molar refractivity (Wildman–Crippen MR) is 84.9 cm³/mol. The van der Waals surface area contributed by atoms with Gasteiger partial charge in [-0.3, -0.25) is 0 Å². The second-order valence-electron chi connectivity index (χ2n) is 5.19. The average Bonchev–Trinajstić information content (AvgIpc) is 2.43. The fourth-order valence-corrected chi connectivity index (χ4v) is 2.44. The summed E-state index contributed by atoms with van der Waals surface area (Å²) < 4.78 is 5.92. The summed E-state index contributed by atoms with van der Waals surface area (Å²) in [5, 5.41) is 0.749. The van der Waals surface area contributed by atoms with Crippen molar-refractivity contribution in [1.29, 1.82) is 0 Å². The summed E-state index contributed by atoms with van der Waals surface area (Å²) in [6, 6.07) is 3.87. The lowest BCUT2D eigenvalue weighted by molar-refractivity contribution is 0.453. The van der Waals surface area contributed by atoms with E-state index in [4.69, 9.17) is 22.2 Å². The van der Waals surface area contributed by atoms with Crippen LogP contribution in [0.4, 0.5) is 5.82 Å². The van der Waals surface area contributed by atoms with Crippen LogP contribution in [0.5, 0.6) is 11.6 Å². The Kier molecular flexibility index (Phi) is 4.65. The molecule has 1 heterocycles. The monoisotopic (exact) mass is 306 g/mol. The molecule has 0 radical (unpaired) electrons. The van der Waals surface area contributed by atoms with Crippen LogP contribution in [0, 0.1) is 13.8 Å².